The van der Waals surface area contributed by atoms with E-state index in [9.17, 15) is 14.3 Å². The summed E-state index contributed by atoms with van der Waals surface area (Å²) in [5.41, 5.74) is 4.46. The van der Waals surface area contributed by atoms with Crippen molar-refractivity contribution < 1.29 is 14.3 Å². The second-order valence-electron chi connectivity index (χ2n) is 10.2. The average Bonchev–Trinajstić information content (AvgIpc) is 3.04. The highest BCUT2D eigenvalue weighted by molar-refractivity contribution is 7.99. The number of hydrogen-bond acceptors (Lipinski definition) is 3. The van der Waals surface area contributed by atoms with Crippen LogP contribution in [-0.2, 0) is 11.8 Å². The van der Waals surface area contributed by atoms with E-state index in [2.05, 4.69) is 49.3 Å². The average molecular weight is 526 g/mol. The Morgan fingerprint density at radius 3 is 2.34 bits per heavy atom. The summed E-state index contributed by atoms with van der Waals surface area (Å²) in [6.07, 6.45) is 1.65. The molecule has 0 aliphatic heterocycles. The number of benzene rings is 4. The zero-order chi connectivity index (χ0) is 26.7. The van der Waals surface area contributed by atoms with E-state index in [1.807, 2.05) is 42.5 Å². The molecule has 1 aliphatic rings. The number of hydrogen-bond donors (Lipinski definition) is 1. The third kappa shape index (κ3) is 5.01. The Labute approximate surface area is 228 Å². The predicted molar refractivity (Wildman–Crippen MR) is 153 cm³/mol. The van der Waals surface area contributed by atoms with E-state index in [0.29, 0.717) is 5.75 Å². The first-order valence-electron chi connectivity index (χ1n) is 12.9. The van der Waals surface area contributed by atoms with Crippen molar-refractivity contribution in [3.8, 4) is 0 Å². The molecule has 3 nitrogen and oxygen atoms in total. The smallest absolute Gasteiger partial charge is 0.336 e. The molecule has 2 unspecified atom stereocenters. The van der Waals surface area contributed by atoms with Crippen molar-refractivity contribution in [2.24, 2.45) is 0 Å². The normalized spacial score (nSPS) is 18.5. The van der Waals surface area contributed by atoms with Crippen molar-refractivity contribution >= 4 is 17.7 Å². The lowest BCUT2D eigenvalue weighted by molar-refractivity contribution is 0.0694. The van der Waals surface area contributed by atoms with E-state index in [4.69, 9.17) is 0 Å². The Balaban J connectivity index is 1.83. The van der Waals surface area contributed by atoms with Crippen LogP contribution in [0.3, 0.4) is 0 Å². The second kappa shape index (κ2) is 11.1. The van der Waals surface area contributed by atoms with Crippen LogP contribution >= 0.6 is 11.8 Å². The molecule has 0 spiro atoms. The summed E-state index contributed by atoms with van der Waals surface area (Å²) >= 11 is 1.71. The van der Waals surface area contributed by atoms with E-state index in [1.165, 1.54) is 11.6 Å². The summed E-state index contributed by atoms with van der Waals surface area (Å²) in [7, 11) is 4.11. The molecule has 38 heavy (non-hydrogen) atoms. The predicted octanol–water partition coefficient (Wildman–Crippen LogP) is 7.24. The Bertz CT molecular complexity index is 1440. The highest BCUT2D eigenvalue weighted by atomic mass is 32.2. The van der Waals surface area contributed by atoms with Crippen molar-refractivity contribution in [3.05, 3.63) is 136 Å². The van der Waals surface area contributed by atoms with Gasteiger partial charge in [-0.05, 0) is 97.5 Å². The minimum atomic E-state index is -0.959. The number of nitrogens with zero attached hydrogens (tertiary/aromatic N) is 1. The van der Waals surface area contributed by atoms with Crippen molar-refractivity contribution in [3.63, 3.8) is 0 Å². The summed E-state index contributed by atoms with van der Waals surface area (Å²) in [6.45, 7) is 0.875. The summed E-state index contributed by atoms with van der Waals surface area (Å²) in [6, 6.07) is 31.0. The van der Waals surface area contributed by atoms with E-state index in [-0.39, 0.29) is 17.3 Å². The molecule has 0 heterocycles. The third-order valence-corrected chi connectivity index (χ3v) is 8.78. The minimum absolute atomic E-state index is 0.102. The van der Waals surface area contributed by atoms with Crippen LogP contribution in [0.1, 0.15) is 50.5 Å². The Hall–Kier alpha value is -3.41. The van der Waals surface area contributed by atoms with Gasteiger partial charge in [-0.25, -0.2) is 9.18 Å². The SMILES string of the molecule is CN(C)CCC1Cc2ccccc2C(CSc2ccccc2)(c2ccccc2C(=O)O)c2ccc(F)cc21. The second-order valence-corrected chi connectivity index (χ2v) is 11.3. The van der Waals surface area contributed by atoms with Gasteiger partial charge in [0.2, 0.25) is 0 Å². The first kappa shape index (κ1) is 26.2. The maximum Gasteiger partial charge on any atom is 0.336 e. The highest BCUT2D eigenvalue weighted by Crippen LogP contribution is 2.51. The van der Waals surface area contributed by atoms with Crippen LogP contribution in [0.4, 0.5) is 4.39 Å². The van der Waals surface area contributed by atoms with Crippen LogP contribution < -0.4 is 0 Å². The van der Waals surface area contributed by atoms with Crippen molar-refractivity contribution in [1.82, 2.24) is 4.90 Å². The molecule has 1 N–H and O–H groups in total. The third-order valence-electron chi connectivity index (χ3n) is 7.60. The number of carboxylic acids is 1. The van der Waals surface area contributed by atoms with Gasteiger partial charge < -0.3 is 10.0 Å². The van der Waals surface area contributed by atoms with Crippen molar-refractivity contribution in [2.75, 3.05) is 26.4 Å². The molecule has 5 rings (SSSR count). The lowest BCUT2D eigenvalue weighted by Gasteiger charge is -2.38. The Morgan fingerprint density at radius 1 is 0.921 bits per heavy atom. The monoisotopic (exact) mass is 525 g/mol. The number of carboxylic acid groups (broad SMARTS) is 1. The van der Waals surface area contributed by atoms with Gasteiger partial charge in [0.15, 0.2) is 0 Å². The molecule has 5 heteroatoms. The first-order valence-corrected chi connectivity index (χ1v) is 13.9. The Kier molecular flexibility index (Phi) is 7.68. The summed E-state index contributed by atoms with van der Waals surface area (Å²) in [4.78, 5) is 15.9. The van der Waals surface area contributed by atoms with Crippen LogP contribution in [0.5, 0.6) is 0 Å². The van der Waals surface area contributed by atoms with Gasteiger partial charge in [0.05, 0.1) is 11.0 Å². The molecule has 0 fully saturated rings. The molecule has 4 aromatic rings. The molecule has 0 radical (unpaired) electrons. The zero-order valence-electron chi connectivity index (χ0n) is 21.7. The topological polar surface area (TPSA) is 40.5 Å². The number of thioether (sulfide) groups is 1. The van der Waals surface area contributed by atoms with E-state index in [1.54, 1.807) is 30.0 Å². The minimum Gasteiger partial charge on any atom is -0.478 e. The van der Waals surface area contributed by atoms with Crippen molar-refractivity contribution in [2.45, 2.75) is 29.1 Å². The van der Waals surface area contributed by atoms with Crippen LogP contribution in [0.15, 0.2) is 102 Å². The van der Waals surface area contributed by atoms with Crippen molar-refractivity contribution in [1.29, 1.82) is 0 Å². The molecule has 2 atom stereocenters. The molecule has 0 bridgehead atoms. The molecular weight excluding hydrogens is 493 g/mol. The standard InChI is InChI=1S/C33H32FNO2S/c1-35(2)19-18-23-20-24-10-6-8-14-29(24)33(22-38-26-11-4-3-5-12-26,31-17-16-25(34)21-28(23)31)30-15-9-7-13-27(30)32(36)37/h3-17,21,23H,18-20,22H2,1-2H3,(H,36,37). The molecule has 0 aromatic heterocycles. The molecular formula is C33H32FNO2S. The quantitative estimate of drug-likeness (QED) is 0.246. The van der Waals surface area contributed by atoms with Gasteiger partial charge in [-0.3, -0.25) is 0 Å². The molecule has 0 saturated heterocycles. The van der Waals surface area contributed by atoms with Gasteiger partial charge >= 0.3 is 5.97 Å². The van der Waals surface area contributed by atoms with Gasteiger partial charge in [0.25, 0.3) is 0 Å². The van der Waals surface area contributed by atoms with Gasteiger partial charge in [0, 0.05) is 10.6 Å². The fourth-order valence-corrected chi connectivity index (χ4v) is 7.04. The molecule has 4 aromatic carbocycles. The number of carbonyl (C=O) groups is 1. The van der Waals surface area contributed by atoms with Crippen LogP contribution in [0, 0.1) is 5.82 Å². The Morgan fingerprint density at radius 2 is 1.61 bits per heavy atom. The number of rotatable bonds is 8. The van der Waals surface area contributed by atoms with Gasteiger partial charge in [-0.15, -0.1) is 11.8 Å². The molecule has 0 amide bonds. The lowest BCUT2D eigenvalue weighted by Crippen LogP contribution is -2.35. The zero-order valence-corrected chi connectivity index (χ0v) is 22.5. The van der Waals surface area contributed by atoms with Crippen LogP contribution in [0.2, 0.25) is 0 Å². The lowest BCUT2D eigenvalue weighted by atomic mass is 9.67. The largest absolute Gasteiger partial charge is 0.478 e. The maximum absolute atomic E-state index is 14.9. The molecule has 1 aliphatic carbocycles. The molecule has 0 saturated carbocycles. The fraction of sp³-hybridized carbons (Fsp3) is 0.242. The van der Waals surface area contributed by atoms with Crippen LogP contribution in [-0.4, -0.2) is 42.4 Å². The van der Waals surface area contributed by atoms with E-state index >= 15 is 0 Å². The van der Waals surface area contributed by atoms with E-state index < -0.39 is 11.4 Å². The maximum atomic E-state index is 14.9. The number of halogens is 1. The van der Waals surface area contributed by atoms with Gasteiger partial charge in [-0.1, -0.05) is 66.7 Å². The summed E-state index contributed by atoms with van der Waals surface area (Å²) in [5, 5.41) is 10.3. The first-order chi connectivity index (χ1) is 18.4. The number of fused-ring (bicyclic) bond motifs is 2. The fourth-order valence-electron chi connectivity index (χ4n) is 5.84. The summed E-state index contributed by atoms with van der Waals surface area (Å²) < 4.78 is 14.9. The number of aromatic carboxylic acids is 1. The highest BCUT2D eigenvalue weighted by Gasteiger charge is 2.44. The van der Waals surface area contributed by atoms with Gasteiger partial charge in [-0.2, -0.15) is 0 Å². The van der Waals surface area contributed by atoms with Gasteiger partial charge in [0.1, 0.15) is 5.82 Å². The summed E-state index contributed by atoms with van der Waals surface area (Å²) in [5.74, 6) is -0.540. The molecule has 194 valence electrons. The van der Waals surface area contributed by atoms with E-state index in [0.717, 1.165) is 46.5 Å². The van der Waals surface area contributed by atoms with Crippen LogP contribution in [0.25, 0.3) is 0 Å².